The van der Waals surface area contributed by atoms with Crippen LogP contribution >= 0.6 is 0 Å². The van der Waals surface area contributed by atoms with Gasteiger partial charge in [0.05, 0.1) is 0 Å². The average Bonchev–Trinajstić information content (AvgIpc) is 2.77. The molecule has 0 amide bonds. The molecule has 0 aliphatic heterocycles. The van der Waals surface area contributed by atoms with Crippen LogP contribution in [0.2, 0.25) is 0 Å². The van der Waals surface area contributed by atoms with Crippen molar-refractivity contribution in [3.05, 3.63) is 72.6 Å². The summed E-state index contributed by atoms with van der Waals surface area (Å²) in [5.41, 5.74) is 2.67. The third-order valence-electron chi connectivity index (χ3n) is 3.07. The topological polar surface area (TPSA) is 8.17 Å². The molecule has 1 heterocycles. The summed E-state index contributed by atoms with van der Waals surface area (Å²) in [5, 5.41) is 0. The molecule has 0 saturated carbocycles. The van der Waals surface area contributed by atoms with Crippen LogP contribution in [-0.2, 0) is 20.1 Å². The Morgan fingerprint density at radius 1 is 1.11 bits per heavy atom. The van der Waals surface area contributed by atoms with Crippen molar-refractivity contribution in [3.63, 3.8) is 0 Å². The van der Waals surface area contributed by atoms with Gasteiger partial charge in [0, 0.05) is 38.6 Å². The molecule has 2 heteroatoms. The van der Waals surface area contributed by atoms with E-state index in [4.69, 9.17) is 0 Å². The molecule has 0 fully saturated rings. The Morgan fingerprint density at radius 2 is 1.89 bits per heavy atom. The first kappa shape index (κ1) is 12.7. The maximum absolute atomic E-state index is 3.85. The van der Waals surface area contributed by atoms with E-state index in [-0.39, 0.29) is 0 Å². The molecular formula is C16H20N2. The summed E-state index contributed by atoms with van der Waals surface area (Å²) in [7, 11) is 2.09. The number of nitrogens with zero attached hydrogens (tertiary/aromatic N) is 2. The molecule has 0 unspecified atom stereocenters. The summed E-state index contributed by atoms with van der Waals surface area (Å²) in [6, 6.07) is 14.8. The summed E-state index contributed by atoms with van der Waals surface area (Å²) in [6.45, 7) is 6.65. The third kappa shape index (κ3) is 3.34. The Hall–Kier alpha value is -1.80. The predicted molar refractivity (Wildman–Crippen MR) is 76.2 cm³/mol. The van der Waals surface area contributed by atoms with Crippen molar-refractivity contribution >= 4 is 0 Å². The molecule has 0 aliphatic rings. The van der Waals surface area contributed by atoms with Crippen molar-refractivity contribution in [2.75, 3.05) is 6.54 Å². The van der Waals surface area contributed by atoms with E-state index in [0.717, 1.165) is 19.6 Å². The molecule has 2 aromatic rings. The van der Waals surface area contributed by atoms with Crippen LogP contribution < -0.4 is 0 Å². The molecule has 0 saturated heterocycles. The third-order valence-corrected chi connectivity index (χ3v) is 3.07. The fourth-order valence-corrected chi connectivity index (χ4v) is 2.10. The molecule has 94 valence electrons. The Bertz CT molecular complexity index is 485. The molecule has 2 rings (SSSR count). The lowest BCUT2D eigenvalue weighted by Crippen LogP contribution is -2.23. The average molecular weight is 240 g/mol. The molecule has 0 N–H and O–H groups in total. The van der Waals surface area contributed by atoms with Gasteiger partial charge in [0.25, 0.3) is 0 Å². The van der Waals surface area contributed by atoms with Crippen molar-refractivity contribution in [1.29, 1.82) is 0 Å². The van der Waals surface area contributed by atoms with Crippen LogP contribution in [-0.4, -0.2) is 16.0 Å². The highest BCUT2D eigenvalue weighted by Gasteiger charge is 2.07. The normalized spacial score (nSPS) is 10.8. The summed E-state index contributed by atoms with van der Waals surface area (Å²) in [6.07, 6.45) is 4.05. The first-order valence-corrected chi connectivity index (χ1v) is 6.27. The second-order valence-electron chi connectivity index (χ2n) is 4.55. The Morgan fingerprint density at radius 3 is 2.50 bits per heavy atom. The molecule has 1 aromatic carbocycles. The predicted octanol–water partition coefficient (Wildman–Crippen LogP) is 3.21. The number of benzene rings is 1. The standard InChI is InChI=1S/C16H20N2/c1-3-11-18(13-15-8-5-4-6-9-15)14-16-10-7-12-17(16)2/h3-10,12H,1,11,13-14H2,2H3. The van der Waals surface area contributed by atoms with Gasteiger partial charge in [-0.2, -0.15) is 0 Å². The monoisotopic (exact) mass is 240 g/mol. The molecular weight excluding hydrogens is 220 g/mol. The first-order valence-electron chi connectivity index (χ1n) is 6.27. The van der Waals surface area contributed by atoms with Crippen LogP contribution in [0.5, 0.6) is 0 Å². The lowest BCUT2D eigenvalue weighted by Gasteiger charge is -2.21. The molecule has 18 heavy (non-hydrogen) atoms. The van der Waals surface area contributed by atoms with Crippen LogP contribution in [0.25, 0.3) is 0 Å². The Labute approximate surface area is 109 Å². The van der Waals surface area contributed by atoms with Crippen LogP contribution in [0.4, 0.5) is 0 Å². The smallest absolute Gasteiger partial charge is 0.0393 e. The molecule has 1 aromatic heterocycles. The minimum absolute atomic E-state index is 0.903. The zero-order chi connectivity index (χ0) is 12.8. The zero-order valence-corrected chi connectivity index (χ0v) is 10.9. The lowest BCUT2D eigenvalue weighted by atomic mass is 10.2. The van der Waals surface area contributed by atoms with Gasteiger partial charge in [0.15, 0.2) is 0 Å². The summed E-state index contributed by atoms with van der Waals surface area (Å²) >= 11 is 0. The molecule has 2 nitrogen and oxygen atoms in total. The minimum atomic E-state index is 0.903. The maximum Gasteiger partial charge on any atom is 0.0393 e. The van der Waals surface area contributed by atoms with Gasteiger partial charge in [-0.3, -0.25) is 4.90 Å². The van der Waals surface area contributed by atoms with Crippen LogP contribution in [0.1, 0.15) is 11.3 Å². The second kappa shape index (κ2) is 6.22. The molecule has 0 spiro atoms. The van der Waals surface area contributed by atoms with Gasteiger partial charge in [-0.05, 0) is 17.7 Å². The van der Waals surface area contributed by atoms with Gasteiger partial charge < -0.3 is 4.57 Å². The Balaban J connectivity index is 2.04. The van der Waals surface area contributed by atoms with E-state index < -0.39 is 0 Å². The zero-order valence-electron chi connectivity index (χ0n) is 10.9. The van der Waals surface area contributed by atoms with Crippen molar-refractivity contribution < 1.29 is 0 Å². The van der Waals surface area contributed by atoms with Crippen molar-refractivity contribution in [2.45, 2.75) is 13.1 Å². The maximum atomic E-state index is 3.85. The van der Waals surface area contributed by atoms with Gasteiger partial charge in [-0.25, -0.2) is 0 Å². The van der Waals surface area contributed by atoms with Crippen LogP contribution in [0, 0.1) is 0 Å². The van der Waals surface area contributed by atoms with E-state index in [0.29, 0.717) is 0 Å². The number of rotatable bonds is 6. The summed E-state index contributed by atoms with van der Waals surface area (Å²) < 4.78 is 2.17. The van der Waals surface area contributed by atoms with E-state index >= 15 is 0 Å². The van der Waals surface area contributed by atoms with Gasteiger partial charge in [0.2, 0.25) is 0 Å². The van der Waals surface area contributed by atoms with Crippen molar-refractivity contribution in [2.24, 2.45) is 7.05 Å². The van der Waals surface area contributed by atoms with Crippen molar-refractivity contribution in [1.82, 2.24) is 9.47 Å². The number of hydrogen-bond donors (Lipinski definition) is 0. The first-order chi connectivity index (χ1) is 8.79. The van der Waals surface area contributed by atoms with Crippen LogP contribution in [0.15, 0.2) is 61.3 Å². The van der Waals surface area contributed by atoms with Crippen LogP contribution in [0.3, 0.4) is 0 Å². The molecule has 0 bridgehead atoms. The van der Waals surface area contributed by atoms with Gasteiger partial charge >= 0.3 is 0 Å². The number of hydrogen-bond acceptors (Lipinski definition) is 1. The molecule has 0 aliphatic carbocycles. The van der Waals surface area contributed by atoms with Crippen molar-refractivity contribution in [3.8, 4) is 0 Å². The van der Waals surface area contributed by atoms with E-state index in [1.54, 1.807) is 0 Å². The fraction of sp³-hybridized carbons (Fsp3) is 0.250. The highest BCUT2D eigenvalue weighted by Crippen LogP contribution is 2.10. The highest BCUT2D eigenvalue weighted by atomic mass is 15.1. The number of aryl methyl sites for hydroxylation is 1. The second-order valence-corrected chi connectivity index (χ2v) is 4.55. The SMILES string of the molecule is C=CCN(Cc1ccccc1)Cc1cccn1C. The number of aromatic nitrogens is 1. The van der Waals surface area contributed by atoms with Gasteiger partial charge in [0.1, 0.15) is 0 Å². The lowest BCUT2D eigenvalue weighted by molar-refractivity contribution is 0.279. The van der Waals surface area contributed by atoms with Gasteiger partial charge in [-0.1, -0.05) is 36.4 Å². The van der Waals surface area contributed by atoms with E-state index in [1.165, 1.54) is 11.3 Å². The molecule has 0 atom stereocenters. The van der Waals surface area contributed by atoms with E-state index in [2.05, 4.69) is 71.8 Å². The minimum Gasteiger partial charge on any atom is -0.353 e. The highest BCUT2D eigenvalue weighted by molar-refractivity contribution is 5.15. The summed E-state index contributed by atoms with van der Waals surface area (Å²) in [5.74, 6) is 0. The molecule has 0 radical (unpaired) electrons. The van der Waals surface area contributed by atoms with Gasteiger partial charge in [-0.15, -0.1) is 6.58 Å². The quantitative estimate of drug-likeness (QED) is 0.704. The fourth-order valence-electron chi connectivity index (χ4n) is 2.10. The summed E-state index contributed by atoms with van der Waals surface area (Å²) in [4.78, 5) is 2.39. The largest absolute Gasteiger partial charge is 0.353 e. The Kier molecular flexibility index (Phi) is 4.37. The van der Waals surface area contributed by atoms with E-state index in [9.17, 15) is 0 Å². The van der Waals surface area contributed by atoms with E-state index in [1.807, 2.05) is 6.08 Å².